The average Bonchev–Trinajstić information content (AvgIpc) is 3.19. The molecule has 7 rings (SSSR count). The Balaban J connectivity index is 1.41. The maximum atomic E-state index is 13.3. The fourth-order valence-corrected chi connectivity index (χ4v) is 6.46. The van der Waals surface area contributed by atoms with Gasteiger partial charge in [-0.25, -0.2) is 4.98 Å². The summed E-state index contributed by atoms with van der Waals surface area (Å²) >= 11 is 0. The van der Waals surface area contributed by atoms with E-state index in [1.807, 2.05) is 42.6 Å². The summed E-state index contributed by atoms with van der Waals surface area (Å²) < 4.78 is 0. The summed E-state index contributed by atoms with van der Waals surface area (Å²) in [6, 6.07) is 11.7. The molecule has 1 aromatic carbocycles. The monoisotopic (exact) mass is 387 g/mol. The van der Waals surface area contributed by atoms with E-state index in [-0.39, 0.29) is 5.78 Å². The Morgan fingerprint density at radius 1 is 1.10 bits per heavy atom. The summed E-state index contributed by atoms with van der Waals surface area (Å²) in [7, 11) is 0. The second-order valence-corrected chi connectivity index (χ2v) is 9.35. The van der Waals surface area contributed by atoms with Gasteiger partial charge in [-0.3, -0.25) is 4.79 Å². The van der Waals surface area contributed by atoms with Crippen molar-refractivity contribution in [3.05, 3.63) is 59.9 Å². The van der Waals surface area contributed by atoms with Crippen molar-refractivity contribution in [2.75, 3.05) is 5.32 Å². The lowest BCUT2D eigenvalue weighted by Gasteiger charge is -2.58. The third-order valence-corrected chi connectivity index (χ3v) is 7.42. The van der Waals surface area contributed by atoms with Gasteiger partial charge in [-0.05, 0) is 55.9 Å². The maximum Gasteiger partial charge on any atom is 0.196 e. The number of fused-ring (bicyclic) bond motifs is 1. The van der Waals surface area contributed by atoms with Gasteiger partial charge < -0.3 is 15.4 Å². The molecule has 0 radical (unpaired) electrons. The summed E-state index contributed by atoms with van der Waals surface area (Å²) in [5.41, 5.74) is 2.51. The zero-order valence-corrected chi connectivity index (χ0v) is 16.3. The number of aliphatic hydroxyl groups is 1. The highest BCUT2D eigenvalue weighted by Gasteiger charge is 2.54. The molecule has 0 aliphatic heterocycles. The van der Waals surface area contributed by atoms with Crippen molar-refractivity contribution < 1.29 is 9.90 Å². The zero-order valence-electron chi connectivity index (χ0n) is 16.3. The van der Waals surface area contributed by atoms with Gasteiger partial charge in [-0.1, -0.05) is 30.3 Å². The van der Waals surface area contributed by atoms with Gasteiger partial charge >= 0.3 is 0 Å². The van der Waals surface area contributed by atoms with Crippen LogP contribution in [0.3, 0.4) is 0 Å². The number of H-pyrrole nitrogens is 1. The number of carbonyl (C=O) groups is 1. The number of anilines is 1. The summed E-state index contributed by atoms with van der Waals surface area (Å²) in [5.74, 6) is 1.58. The van der Waals surface area contributed by atoms with Gasteiger partial charge in [0.05, 0.1) is 16.9 Å². The molecule has 0 spiro atoms. The Morgan fingerprint density at radius 2 is 1.86 bits per heavy atom. The van der Waals surface area contributed by atoms with Crippen LogP contribution in [0.1, 0.15) is 48.0 Å². The smallest absolute Gasteiger partial charge is 0.196 e. The van der Waals surface area contributed by atoms with Crippen LogP contribution in [0.4, 0.5) is 5.69 Å². The normalized spacial score (nSPS) is 32.6. The van der Waals surface area contributed by atoms with Crippen LogP contribution in [0.5, 0.6) is 0 Å². The van der Waals surface area contributed by atoms with E-state index in [0.29, 0.717) is 34.9 Å². The van der Waals surface area contributed by atoms with Crippen molar-refractivity contribution >= 4 is 22.5 Å². The molecule has 3 aromatic rings. The third-order valence-electron chi connectivity index (χ3n) is 7.42. The van der Waals surface area contributed by atoms with Crippen molar-refractivity contribution in [3.8, 4) is 0 Å². The number of hydrogen-bond acceptors (Lipinski definition) is 4. The number of carbonyl (C=O) groups excluding carboxylic acids is 1. The topological polar surface area (TPSA) is 78.0 Å². The van der Waals surface area contributed by atoms with Gasteiger partial charge in [0.2, 0.25) is 0 Å². The Bertz CT molecular complexity index is 1070. The minimum absolute atomic E-state index is 0.00820. The number of benzene rings is 1. The molecule has 4 bridgehead atoms. The molecule has 5 heteroatoms. The van der Waals surface area contributed by atoms with Crippen LogP contribution in [0, 0.1) is 17.8 Å². The second kappa shape index (κ2) is 6.17. The van der Waals surface area contributed by atoms with Crippen LogP contribution < -0.4 is 5.32 Å². The number of rotatable bonds is 4. The van der Waals surface area contributed by atoms with Crippen LogP contribution >= 0.6 is 0 Å². The third kappa shape index (κ3) is 2.71. The summed E-state index contributed by atoms with van der Waals surface area (Å²) in [6.45, 7) is 0. The zero-order chi connectivity index (χ0) is 19.6. The van der Waals surface area contributed by atoms with Crippen molar-refractivity contribution in [1.29, 1.82) is 0 Å². The molecule has 2 unspecified atom stereocenters. The Kier molecular flexibility index (Phi) is 3.66. The Morgan fingerprint density at radius 3 is 2.59 bits per heavy atom. The van der Waals surface area contributed by atoms with Gasteiger partial charge in [0.25, 0.3) is 0 Å². The molecule has 3 N–H and O–H groups in total. The fraction of sp³-hybridized carbons (Fsp3) is 0.417. The highest BCUT2D eigenvalue weighted by molar-refractivity contribution is 6.15. The van der Waals surface area contributed by atoms with E-state index in [2.05, 4.69) is 15.3 Å². The lowest BCUT2D eigenvalue weighted by molar-refractivity contribution is -0.129. The van der Waals surface area contributed by atoms with Crippen molar-refractivity contribution in [1.82, 2.24) is 9.97 Å². The SMILES string of the molecule is O=C(c1ccccc1)c1cnc2[nH]ccc2c1NC1C2CC3CC1CC(O)(C3)C2. The van der Waals surface area contributed by atoms with Gasteiger partial charge in [-0.15, -0.1) is 0 Å². The molecule has 2 aromatic heterocycles. The van der Waals surface area contributed by atoms with Crippen LogP contribution in [0.25, 0.3) is 11.0 Å². The lowest BCUT2D eigenvalue weighted by atomic mass is 9.52. The van der Waals surface area contributed by atoms with Crippen LogP contribution in [-0.2, 0) is 0 Å². The molecule has 2 heterocycles. The number of hydrogen-bond donors (Lipinski definition) is 3. The van der Waals surface area contributed by atoms with Gasteiger partial charge in [0.1, 0.15) is 5.65 Å². The van der Waals surface area contributed by atoms with Crippen LogP contribution in [0.15, 0.2) is 48.8 Å². The quantitative estimate of drug-likeness (QED) is 0.588. The molecular weight excluding hydrogens is 362 g/mol. The number of nitrogens with zero attached hydrogens (tertiary/aromatic N) is 1. The molecule has 0 amide bonds. The lowest BCUT2D eigenvalue weighted by Crippen LogP contribution is -2.59. The highest BCUT2D eigenvalue weighted by atomic mass is 16.3. The second-order valence-electron chi connectivity index (χ2n) is 9.35. The average molecular weight is 387 g/mol. The van der Waals surface area contributed by atoms with Gasteiger partial charge in [0.15, 0.2) is 5.78 Å². The Labute approximate surface area is 169 Å². The fourth-order valence-electron chi connectivity index (χ4n) is 6.46. The minimum atomic E-state index is -0.459. The van der Waals surface area contributed by atoms with E-state index in [1.54, 1.807) is 6.20 Å². The molecule has 4 aliphatic rings. The Hall–Kier alpha value is -2.66. The molecular formula is C24H25N3O2. The van der Waals surface area contributed by atoms with Crippen molar-refractivity contribution in [3.63, 3.8) is 0 Å². The number of nitrogens with one attached hydrogen (secondary N) is 2. The van der Waals surface area contributed by atoms with Crippen molar-refractivity contribution in [2.45, 2.75) is 43.7 Å². The first-order chi connectivity index (χ1) is 14.1. The van der Waals surface area contributed by atoms with Gasteiger partial charge in [-0.2, -0.15) is 0 Å². The highest BCUT2D eigenvalue weighted by Crippen LogP contribution is 2.56. The van der Waals surface area contributed by atoms with Gasteiger partial charge in [0, 0.05) is 29.4 Å². The minimum Gasteiger partial charge on any atom is -0.390 e. The van der Waals surface area contributed by atoms with E-state index >= 15 is 0 Å². The van der Waals surface area contributed by atoms with Crippen LogP contribution in [0.2, 0.25) is 0 Å². The van der Waals surface area contributed by atoms with E-state index in [1.165, 1.54) is 12.8 Å². The first-order valence-electron chi connectivity index (χ1n) is 10.6. The predicted octanol–water partition coefficient (Wildman–Crippen LogP) is 4.15. The van der Waals surface area contributed by atoms with E-state index in [9.17, 15) is 9.90 Å². The van der Waals surface area contributed by atoms with Crippen LogP contribution in [-0.4, -0.2) is 32.5 Å². The molecule has 0 saturated heterocycles. The molecule has 29 heavy (non-hydrogen) atoms. The molecule has 4 fully saturated rings. The first-order valence-corrected chi connectivity index (χ1v) is 10.6. The number of ketones is 1. The predicted molar refractivity (Wildman–Crippen MR) is 112 cm³/mol. The largest absolute Gasteiger partial charge is 0.390 e. The standard InChI is InChI=1S/C24H25N3O2/c28-22(15-4-2-1-3-5-15)19-13-26-23-18(6-7-25-23)21(19)27-20-16-8-14-9-17(20)12-24(29,10-14)11-16/h1-7,13-14,16-17,20,29H,8-12H2,(H2,25,26,27). The summed E-state index contributed by atoms with van der Waals surface area (Å²) in [5, 5.41) is 15.7. The molecule has 4 aliphatic carbocycles. The van der Waals surface area contributed by atoms with E-state index < -0.39 is 5.60 Å². The molecule has 4 saturated carbocycles. The van der Waals surface area contributed by atoms with E-state index in [4.69, 9.17) is 0 Å². The number of aromatic nitrogens is 2. The number of pyridine rings is 1. The van der Waals surface area contributed by atoms with Crippen molar-refractivity contribution in [2.24, 2.45) is 17.8 Å². The first kappa shape index (κ1) is 17.2. The summed E-state index contributed by atoms with van der Waals surface area (Å²) in [4.78, 5) is 21.0. The number of aromatic amines is 1. The molecule has 2 atom stereocenters. The van der Waals surface area contributed by atoms with E-state index in [0.717, 1.165) is 36.0 Å². The maximum absolute atomic E-state index is 13.3. The molecule has 5 nitrogen and oxygen atoms in total. The molecule has 148 valence electrons. The summed E-state index contributed by atoms with van der Waals surface area (Å²) in [6.07, 6.45) is 8.66.